The van der Waals surface area contributed by atoms with Gasteiger partial charge < -0.3 is 14.7 Å². The van der Waals surface area contributed by atoms with Crippen molar-refractivity contribution in [3.05, 3.63) is 112 Å². The van der Waals surface area contributed by atoms with Gasteiger partial charge in [0.15, 0.2) is 0 Å². The van der Waals surface area contributed by atoms with E-state index >= 15 is 0 Å². The van der Waals surface area contributed by atoms with E-state index in [2.05, 4.69) is 99.2 Å². The van der Waals surface area contributed by atoms with E-state index in [1.807, 2.05) is 19.9 Å². The number of benzene rings is 3. The van der Waals surface area contributed by atoms with Crippen molar-refractivity contribution in [2.45, 2.75) is 26.4 Å². The average Bonchev–Trinajstić information content (AvgIpc) is 3.18. The van der Waals surface area contributed by atoms with Gasteiger partial charge in [-0.2, -0.15) is 5.26 Å². The van der Waals surface area contributed by atoms with Gasteiger partial charge in [-0.3, -0.25) is 4.90 Å². The summed E-state index contributed by atoms with van der Waals surface area (Å²) < 4.78 is 5.27. The molecule has 0 radical (unpaired) electrons. The van der Waals surface area contributed by atoms with Crippen molar-refractivity contribution in [1.29, 1.82) is 5.26 Å². The Morgan fingerprint density at radius 3 is 2.18 bits per heavy atom. The van der Waals surface area contributed by atoms with Crippen LogP contribution in [0, 0.1) is 25.2 Å². The number of hydrogen-bond donors (Lipinski definition) is 1. The molecule has 38 heavy (non-hydrogen) atoms. The van der Waals surface area contributed by atoms with E-state index in [4.69, 9.17) is 4.52 Å². The average molecular weight is 502 g/mol. The molecule has 0 atom stereocenters. The normalized spacial score (nSPS) is 15.4. The summed E-state index contributed by atoms with van der Waals surface area (Å²) in [6, 6.07) is 26.2. The highest BCUT2D eigenvalue weighted by Crippen LogP contribution is 2.38. The van der Waals surface area contributed by atoms with Gasteiger partial charge in [-0.1, -0.05) is 65.8 Å². The summed E-state index contributed by atoms with van der Waals surface area (Å²) in [6.07, 6.45) is 4.48. The number of fused-ring (bicyclic) bond motifs is 2. The molecule has 0 unspecified atom stereocenters. The van der Waals surface area contributed by atoms with Crippen molar-refractivity contribution in [1.82, 2.24) is 10.1 Å². The van der Waals surface area contributed by atoms with Crippen LogP contribution in [0.25, 0.3) is 12.2 Å². The molecule has 1 aromatic heterocycles. The molecule has 1 aliphatic heterocycles. The summed E-state index contributed by atoms with van der Waals surface area (Å²) in [7, 11) is 0. The SMILES string of the molecule is Cc1noc(C)c1CNc1ccc(N2CCN(C3c4ccccc4C=Cc4ccccc43)CC2)c(C#N)c1. The van der Waals surface area contributed by atoms with Crippen LogP contribution in [0.5, 0.6) is 0 Å². The van der Waals surface area contributed by atoms with Gasteiger partial charge in [0.1, 0.15) is 11.8 Å². The number of nitrogens with zero attached hydrogens (tertiary/aromatic N) is 4. The largest absolute Gasteiger partial charge is 0.381 e. The number of nitrogens with one attached hydrogen (secondary N) is 1. The Morgan fingerprint density at radius 1 is 0.921 bits per heavy atom. The smallest absolute Gasteiger partial charge is 0.138 e. The van der Waals surface area contributed by atoms with Gasteiger partial charge in [0.2, 0.25) is 0 Å². The maximum absolute atomic E-state index is 9.97. The zero-order valence-corrected chi connectivity index (χ0v) is 21.8. The second-order valence-corrected chi connectivity index (χ2v) is 10.0. The lowest BCUT2D eigenvalue weighted by Gasteiger charge is -2.41. The van der Waals surface area contributed by atoms with Crippen LogP contribution in [0.2, 0.25) is 0 Å². The fraction of sp³-hybridized carbons (Fsp3) is 0.250. The molecule has 4 aromatic rings. The highest BCUT2D eigenvalue weighted by atomic mass is 16.5. The minimum atomic E-state index is 0.214. The van der Waals surface area contributed by atoms with Crippen molar-refractivity contribution < 1.29 is 4.52 Å². The van der Waals surface area contributed by atoms with E-state index in [0.29, 0.717) is 12.1 Å². The van der Waals surface area contributed by atoms with E-state index in [1.165, 1.54) is 22.3 Å². The Balaban J connectivity index is 1.20. The zero-order valence-electron chi connectivity index (χ0n) is 21.8. The van der Waals surface area contributed by atoms with E-state index in [9.17, 15) is 5.26 Å². The summed E-state index contributed by atoms with van der Waals surface area (Å²) in [4.78, 5) is 4.94. The van der Waals surface area contributed by atoms with E-state index in [0.717, 1.165) is 54.6 Å². The lowest BCUT2D eigenvalue weighted by atomic mass is 9.92. The van der Waals surface area contributed by atoms with Crippen molar-refractivity contribution in [3.63, 3.8) is 0 Å². The number of rotatable bonds is 5. The molecule has 2 aliphatic rings. The van der Waals surface area contributed by atoms with Crippen molar-refractivity contribution in [2.24, 2.45) is 0 Å². The maximum Gasteiger partial charge on any atom is 0.138 e. The Labute approximate surface area is 223 Å². The van der Waals surface area contributed by atoms with Gasteiger partial charge >= 0.3 is 0 Å². The molecule has 1 N–H and O–H groups in total. The molecule has 6 nitrogen and oxygen atoms in total. The van der Waals surface area contributed by atoms with Gasteiger partial charge in [0, 0.05) is 44.0 Å². The Morgan fingerprint density at radius 2 is 1.58 bits per heavy atom. The topological polar surface area (TPSA) is 68.3 Å². The van der Waals surface area contributed by atoms with Crippen molar-refractivity contribution >= 4 is 23.5 Å². The van der Waals surface area contributed by atoms with Crippen LogP contribution in [0.1, 0.15) is 50.9 Å². The number of anilines is 2. The molecule has 0 bridgehead atoms. The van der Waals surface area contributed by atoms with Crippen LogP contribution in [-0.4, -0.2) is 36.2 Å². The van der Waals surface area contributed by atoms with Gasteiger partial charge in [0.25, 0.3) is 0 Å². The molecule has 1 aliphatic carbocycles. The predicted octanol–water partition coefficient (Wildman–Crippen LogP) is 6.17. The highest BCUT2D eigenvalue weighted by molar-refractivity contribution is 5.76. The van der Waals surface area contributed by atoms with Crippen LogP contribution in [0.15, 0.2) is 71.3 Å². The number of nitriles is 1. The van der Waals surface area contributed by atoms with Crippen molar-refractivity contribution in [3.8, 4) is 6.07 Å². The Hall–Kier alpha value is -4.34. The zero-order chi connectivity index (χ0) is 26.1. The predicted molar refractivity (Wildman–Crippen MR) is 152 cm³/mol. The molecule has 1 saturated heterocycles. The highest BCUT2D eigenvalue weighted by Gasteiger charge is 2.30. The molecule has 2 heterocycles. The van der Waals surface area contributed by atoms with Crippen LogP contribution in [0.4, 0.5) is 11.4 Å². The summed E-state index contributed by atoms with van der Waals surface area (Å²) in [5.41, 5.74) is 9.82. The molecular weight excluding hydrogens is 470 g/mol. The quantitative estimate of drug-likeness (QED) is 0.353. The molecular formula is C32H31N5O. The molecule has 0 spiro atoms. The second kappa shape index (κ2) is 10.2. The van der Waals surface area contributed by atoms with Gasteiger partial charge in [-0.25, -0.2) is 0 Å². The summed E-state index contributed by atoms with van der Waals surface area (Å²) in [5.74, 6) is 0.819. The summed E-state index contributed by atoms with van der Waals surface area (Å²) in [6.45, 7) is 8.06. The van der Waals surface area contributed by atoms with Crippen LogP contribution in [-0.2, 0) is 6.54 Å². The first-order valence-corrected chi connectivity index (χ1v) is 13.2. The molecule has 190 valence electrons. The summed E-state index contributed by atoms with van der Waals surface area (Å²) in [5, 5.41) is 17.4. The van der Waals surface area contributed by atoms with Crippen molar-refractivity contribution in [2.75, 3.05) is 36.4 Å². The maximum atomic E-state index is 9.97. The monoisotopic (exact) mass is 501 g/mol. The van der Waals surface area contributed by atoms with Gasteiger partial charge in [-0.05, 0) is 54.3 Å². The number of aryl methyl sites for hydroxylation is 2. The van der Waals surface area contributed by atoms with Crippen LogP contribution in [0.3, 0.4) is 0 Å². The lowest BCUT2D eigenvalue weighted by molar-refractivity contribution is 0.212. The molecule has 6 heteroatoms. The molecule has 6 rings (SSSR count). The Bertz CT molecular complexity index is 1470. The number of piperazine rings is 1. The standard InChI is InChI=1S/C32H31N5O/c1-22-30(23(2)38-35-22)21-34-27-13-14-31(26(19-27)20-33)36-15-17-37(18-16-36)32-28-9-5-3-7-24(28)11-12-25-8-4-6-10-29(25)32/h3-14,19,32,34H,15-18,21H2,1-2H3. The van der Waals surface area contributed by atoms with E-state index in [1.54, 1.807) is 0 Å². The molecule has 0 amide bonds. The minimum absolute atomic E-state index is 0.214. The number of hydrogen-bond acceptors (Lipinski definition) is 6. The third-order valence-electron chi connectivity index (χ3n) is 7.81. The third kappa shape index (κ3) is 4.46. The summed E-state index contributed by atoms with van der Waals surface area (Å²) >= 11 is 0. The minimum Gasteiger partial charge on any atom is -0.381 e. The van der Waals surface area contributed by atoms with Crippen LogP contribution < -0.4 is 10.2 Å². The van der Waals surface area contributed by atoms with E-state index < -0.39 is 0 Å². The Kier molecular flexibility index (Phi) is 6.45. The number of aromatic nitrogens is 1. The fourth-order valence-corrected chi connectivity index (χ4v) is 5.74. The third-order valence-corrected chi connectivity index (χ3v) is 7.81. The van der Waals surface area contributed by atoms with Gasteiger partial charge in [-0.15, -0.1) is 0 Å². The molecule has 0 saturated carbocycles. The lowest BCUT2D eigenvalue weighted by Crippen LogP contribution is -2.48. The van der Waals surface area contributed by atoms with Gasteiger partial charge in [0.05, 0.1) is 23.0 Å². The first kappa shape index (κ1) is 24.0. The van der Waals surface area contributed by atoms with Crippen LogP contribution >= 0.6 is 0 Å². The molecule has 3 aromatic carbocycles. The van der Waals surface area contributed by atoms with E-state index in [-0.39, 0.29) is 6.04 Å². The second-order valence-electron chi connectivity index (χ2n) is 10.0. The fourth-order valence-electron chi connectivity index (χ4n) is 5.74. The first-order chi connectivity index (χ1) is 18.6. The molecule has 1 fully saturated rings. The first-order valence-electron chi connectivity index (χ1n) is 13.2.